The minimum absolute atomic E-state index is 0.141. The second kappa shape index (κ2) is 4.13. The van der Waals surface area contributed by atoms with Crippen LogP contribution < -0.4 is 0 Å². The van der Waals surface area contributed by atoms with E-state index in [1.54, 1.807) is 0 Å². The van der Waals surface area contributed by atoms with Crippen molar-refractivity contribution in [1.82, 2.24) is 10.2 Å². The van der Waals surface area contributed by atoms with Crippen LogP contribution in [0.5, 0.6) is 0 Å². The van der Waals surface area contributed by atoms with Gasteiger partial charge in [-0.05, 0) is 17.7 Å². The van der Waals surface area contributed by atoms with Gasteiger partial charge in [0.1, 0.15) is 5.69 Å². The van der Waals surface area contributed by atoms with Crippen molar-refractivity contribution >= 4 is 5.69 Å². The summed E-state index contributed by atoms with van der Waals surface area (Å²) in [5.74, 6) is 0. The van der Waals surface area contributed by atoms with E-state index in [2.05, 4.69) is 5.10 Å². The lowest BCUT2D eigenvalue weighted by atomic mass is 10.1. The summed E-state index contributed by atoms with van der Waals surface area (Å²) in [6, 6.07) is 4.78. The summed E-state index contributed by atoms with van der Waals surface area (Å²) in [5.41, 5.74) is -1.09. The molecule has 0 spiro atoms. The number of aromatic amines is 1. The molecule has 5 nitrogen and oxygen atoms in total. The van der Waals surface area contributed by atoms with Crippen molar-refractivity contribution in [2.24, 2.45) is 0 Å². The lowest BCUT2D eigenvalue weighted by Crippen LogP contribution is -2.07. The fraction of sp³-hybridized carbons (Fsp3) is 0.100. The first-order valence-electron chi connectivity index (χ1n) is 4.75. The quantitative estimate of drug-likeness (QED) is 0.664. The van der Waals surface area contributed by atoms with Gasteiger partial charge in [-0.3, -0.25) is 15.2 Å². The number of aromatic nitrogens is 2. The first kappa shape index (κ1) is 12.1. The van der Waals surface area contributed by atoms with E-state index in [0.717, 1.165) is 18.3 Å². The molecule has 8 heteroatoms. The maximum absolute atomic E-state index is 12.6. The average Bonchev–Trinajstić information content (AvgIpc) is 2.77. The Kier molecular flexibility index (Phi) is 2.77. The molecule has 2 rings (SSSR count). The molecule has 94 valence electrons. The van der Waals surface area contributed by atoms with Crippen molar-refractivity contribution in [2.75, 3.05) is 0 Å². The number of nitrogens with one attached hydrogen (secondary N) is 1. The largest absolute Gasteiger partial charge is 0.433 e. The van der Waals surface area contributed by atoms with Crippen LogP contribution in [0.25, 0.3) is 11.1 Å². The van der Waals surface area contributed by atoms with E-state index in [-0.39, 0.29) is 16.8 Å². The second-order valence-electron chi connectivity index (χ2n) is 3.46. The molecular formula is C10H6F3N3O2. The van der Waals surface area contributed by atoms with Crippen LogP contribution in [0.15, 0.2) is 30.5 Å². The van der Waals surface area contributed by atoms with E-state index in [9.17, 15) is 23.3 Å². The van der Waals surface area contributed by atoms with E-state index in [4.69, 9.17) is 0 Å². The summed E-state index contributed by atoms with van der Waals surface area (Å²) >= 11 is 0. The first-order valence-corrected chi connectivity index (χ1v) is 4.75. The molecule has 0 amide bonds. The van der Waals surface area contributed by atoms with Gasteiger partial charge >= 0.3 is 6.18 Å². The highest BCUT2D eigenvalue weighted by Gasteiger charge is 2.35. The van der Waals surface area contributed by atoms with Crippen molar-refractivity contribution in [3.05, 3.63) is 46.3 Å². The maximum Gasteiger partial charge on any atom is 0.433 e. The highest BCUT2D eigenvalue weighted by atomic mass is 19.4. The molecule has 1 heterocycles. The predicted molar refractivity (Wildman–Crippen MR) is 55.7 cm³/mol. The standard InChI is InChI=1S/C10H6F3N3O2/c11-10(12,13)9-8(5-14-15-9)6-1-3-7(4-2-6)16(17)18/h1-5H,(H,14,15). The topological polar surface area (TPSA) is 71.8 Å². The van der Waals surface area contributed by atoms with Crippen LogP contribution in [0, 0.1) is 10.1 Å². The van der Waals surface area contributed by atoms with Gasteiger partial charge in [-0.1, -0.05) is 0 Å². The zero-order valence-electron chi connectivity index (χ0n) is 8.73. The number of halogens is 3. The number of alkyl halides is 3. The van der Waals surface area contributed by atoms with Gasteiger partial charge in [-0.15, -0.1) is 0 Å². The van der Waals surface area contributed by atoms with E-state index in [1.165, 1.54) is 12.1 Å². The molecule has 1 aromatic carbocycles. The number of benzene rings is 1. The molecule has 0 aliphatic rings. The Morgan fingerprint density at radius 2 is 1.83 bits per heavy atom. The highest BCUT2D eigenvalue weighted by molar-refractivity contribution is 5.66. The Morgan fingerprint density at radius 3 is 2.33 bits per heavy atom. The van der Waals surface area contributed by atoms with Crippen LogP contribution >= 0.6 is 0 Å². The minimum atomic E-state index is -4.55. The summed E-state index contributed by atoms with van der Waals surface area (Å²) in [4.78, 5) is 9.81. The van der Waals surface area contributed by atoms with E-state index in [1.807, 2.05) is 5.10 Å². The van der Waals surface area contributed by atoms with Crippen molar-refractivity contribution in [3.8, 4) is 11.1 Å². The number of non-ortho nitro benzene ring substituents is 1. The second-order valence-corrected chi connectivity index (χ2v) is 3.46. The van der Waals surface area contributed by atoms with E-state index in [0.29, 0.717) is 0 Å². The molecule has 0 radical (unpaired) electrons. The van der Waals surface area contributed by atoms with Crippen molar-refractivity contribution < 1.29 is 18.1 Å². The number of hydrogen-bond acceptors (Lipinski definition) is 3. The Labute approximate surface area is 98.4 Å². The Morgan fingerprint density at radius 1 is 1.22 bits per heavy atom. The highest BCUT2D eigenvalue weighted by Crippen LogP contribution is 2.35. The monoisotopic (exact) mass is 257 g/mol. The van der Waals surface area contributed by atoms with Crippen molar-refractivity contribution in [1.29, 1.82) is 0 Å². The summed E-state index contributed by atoms with van der Waals surface area (Å²) < 4.78 is 37.8. The summed E-state index contributed by atoms with van der Waals surface area (Å²) in [6.07, 6.45) is -3.52. The van der Waals surface area contributed by atoms with Crippen molar-refractivity contribution in [2.45, 2.75) is 6.18 Å². The van der Waals surface area contributed by atoms with Gasteiger partial charge in [0.2, 0.25) is 0 Å². The van der Waals surface area contributed by atoms with Gasteiger partial charge in [0, 0.05) is 17.7 Å². The molecule has 1 N–H and O–H groups in total. The van der Waals surface area contributed by atoms with Gasteiger partial charge in [0.25, 0.3) is 5.69 Å². The normalized spacial score (nSPS) is 11.5. The van der Waals surface area contributed by atoms with Crippen LogP contribution in [0.3, 0.4) is 0 Å². The van der Waals surface area contributed by atoms with Crippen LogP contribution in [0.4, 0.5) is 18.9 Å². The Hall–Kier alpha value is -2.38. The molecule has 0 atom stereocenters. The molecule has 0 saturated heterocycles. The van der Waals surface area contributed by atoms with Gasteiger partial charge in [-0.2, -0.15) is 18.3 Å². The SMILES string of the molecule is O=[N+]([O-])c1ccc(-c2cn[nH]c2C(F)(F)F)cc1. The van der Waals surface area contributed by atoms with E-state index >= 15 is 0 Å². The fourth-order valence-electron chi connectivity index (χ4n) is 1.48. The van der Waals surface area contributed by atoms with Gasteiger partial charge < -0.3 is 0 Å². The smallest absolute Gasteiger partial charge is 0.273 e. The van der Waals surface area contributed by atoms with Crippen LogP contribution in [0.2, 0.25) is 0 Å². The molecule has 0 aliphatic heterocycles. The molecule has 2 aromatic rings. The summed E-state index contributed by atoms with van der Waals surface area (Å²) in [7, 11) is 0. The number of hydrogen-bond donors (Lipinski definition) is 1. The third kappa shape index (κ3) is 2.17. The molecule has 0 bridgehead atoms. The number of nitro benzene ring substituents is 1. The van der Waals surface area contributed by atoms with Crippen LogP contribution in [-0.2, 0) is 6.18 Å². The van der Waals surface area contributed by atoms with E-state index < -0.39 is 16.8 Å². The number of nitro groups is 1. The zero-order chi connectivity index (χ0) is 13.3. The summed E-state index contributed by atoms with van der Waals surface area (Å²) in [5, 5.41) is 15.6. The Balaban J connectivity index is 2.44. The van der Waals surface area contributed by atoms with Gasteiger partial charge in [0.05, 0.1) is 11.1 Å². The predicted octanol–water partition coefficient (Wildman–Crippen LogP) is 3.00. The molecule has 0 unspecified atom stereocenters. The fourth-order valence-corrected chi connectivity index (χ4v) is 1.48. The maximum atomic E-state index is 12.6. The van der Waals surface area contributed by atoms with Gasteiger partial charge in [-0.25, -0.2) is 0 Å². The average molecular weight is 257 g/mol. The number of nitrogens with zero attached hydrogens (tertiary/aromatic N) is 2. The minimum Gasteiger partial charge on any atom is -0.273 e. The number of rotatable bonds is 2. The third-order valence-electron chi connectivity index (χ3n) is 2.31. The molecule has 0 aliphatic carbocycles. The van der Waals surface area contributed by atoms with Crippen molar-refractivity contribution in [3.63, 3.8) is 0 Å². The molecular weight excluding hydrogens is 251 g/mol. The third-order valence-corrected chi connectivity index (χ3v) is 2.31. The number of H-pyrrole nitrogens is 1. The first-order chi connectivity index (χ1) is 8.39. The molecule has 18 heavy (non-hydrogen) atoms. The van der Waals surface area contributed by atoms with Gasteiger partial charge in [0.15, 0.2) is 0 Å². The summed E-state index contributed by atoms with van der Waals surface area (Å²) in [6.45, 7) is 0. The molecule has 0 fully saturated rings. The lowest BCUT2D eigenvalue weighted by molar-refractivity contribution is -0.384. The molecule has 1 aromatic heterocycles. The van der Waals surface area contributed by atoms with Crippen LogP contribution in [0.1, 0.15) is 5.69 Å². The van der Waals surface area contributed by atoms with Crippen LogP contribution in [-0.4, -0.2) is 15.1 Å². The zero-order valence-corrected chi connectivity index (χ0v) is 8.73. The lowest BCUT2D eigenvalue weighted by Gasteiger charge is -2.06. The Bertz CT molecular complexity index is 575. The molecule has 0 saturated carbocycles.